The molecule has 18 heavy (non-hydrogen) atoms. The number of benzene rings is 1. The van der Waals surface area contributed by atoms with E-state index >= 15 is 0 Å². The number of hydrogen-bond acceptors (Lipinski definition) is 2. The Hall–Kier alpha value is -2.17. The van der Waals surface area contributed by atoms with Crippen LogP contribution in [0.25, 0.3) is 6.08 Å². The average molecular weight is 251 g/mol. The summed E-state index contributed by atoms with van der Waals surface area (Å²) >= 11 is 0. The Morgan fingerprint density at radius 3 is 2.67 bits per heavy atom. The molecule has 1 aromatic carbocycles. The molecule has 0 radical (unpaired) electrons. The van der Waals surface area contributed by atoms with Crippen LogP contribution in [0.15, 0.2) is 24.3 Å². The van der Waals surface area contributed by atoms with Crippen molar-refractivity contribution in [2.75, 3.05) is 13.6 Å². The SMILES string of the molecule is CCN(C)C(=O)c1cc(/C=C/C(=O)O)ccc1F. The van der Waals surface area contributed by atoms with Crippen LogP contribution in [-0.4, -0.2) is 35.5 Å². The molecule has 0 aliphatic carbocycles. The van der Waals surface area contributed by atoms with E-state index in [1.807, 2.05) is 0 Å². The summed E-state index contributed by atoms with van der Waals surface area (Å²) in [5.41, 5.74) is 0.401. The molecule has 0 aliphatic rings. The van der Waals surface area contributed by atoms with Gasteiger partial charge in [0.15, 0.2) is 0 Å². The van der Waals surface area contributed by atoms with E-state index in [4.69, 9.17) is 5.11 Å². The van der Waals surface area contributed by atoms with Crippen LogP contribution in [0.1, 0.15) is 22.8 Å². The highest BCUT2D eigenvalue weighted by Gasteiger charge is 2.15. The summed E-state index contributed by atoms with van der Waals surface area (Å²) in [6.45, 7) is 2.25. The minimum Gasteiger partial charge on any atom is -0.478 e. The van der Waals surface area contributed by atoms with Crippen LogP contribution in [0, 0.1) is 5.82 Å². The van der Waals surface area contributed by atoms with Crippen molar-refractivity contribution in [3.63, 3.8) is 0 Å². The van der Waals surface area contributed by atoms with Crippen LogP contribution >= 0.6 is 0 Å². The maximum absolute atomic E-state index is 13.5. The van der Waals surface area contributed by atoms with Gasteiger partial charge in [0.1, 0.15) is 5.82 Å². The van der Waals surface area contributed by atoms with E-state index in [0.29, 0.717) is 12.1 Å². The quantitative estimate of drug-likeness (QED) is 0.833. The van der Waals surface area contributed by atoms with E-state index < -0.39 is 17.7 Å². The monoisotopic (exact) mass is 251 g/mol. The first-order valence-electron chi connectivity index (χ1n) is 5.41. The Bertz CT molecular complexity index is 497. The third-order valence-corrected chi connectivity index (χ3v) is 2.46. The Morgan fingerprint density at radius 1 is 1.44 bits per heavy atom. The highest BCUT2D eigenvalue weighted by molar-refractivity contribution is 5.95. The molecule has 1 N–H and O–H groups in total. The summed E-state index contributed by atoms with van der Waals surface area (Å²) in [6, 6.07) is 3.90. The minimum absolute atomic E-state index is 0.0631. The first-order valence-corrected chi connectivity index (χ1v) is 5.41. The predicted molar refractivity (Wildman–Crippen MR) is 65.7 cm³/mol. The third kappa shape index (κ3) is 3.41. The van der Waals surface area contributed by atoms with E-state index in [0.717, 1.165) is 12.1 Å². The number of hydrogen-bond donors (Lipinski definition) is 1. The number of rotatable bonds is 4. The van der Waals surface area contributed by atoms with Gasteiger partial charge in [-0.05, 0) is 30.7 Å². The van der Waals surface area contributed by atoms with Gasteiger partial charge in [0.05, 0.1) is 5.56 Å². The molecule has 1 aromatic rings. The van der Waals surface area contributed by atoms with Crippen molar-refractivity contribution in [1.82, 2.24) is 4.90 Å². The first kappa shape index (κ1) is 13.9. The molecule has 4 nitrogen and oxygen atoms in total. The maximum atomic E-state index is 13.5. The van der Waals surface area contributed by atoms with Gasteiger partial charge in [0.2, 0.25) is 0 Å². The Kier molecular flexibility index (Phi) is 4.59. The van der Waals surface area contributed by atoms with E-state index in [9.17, 15) is 14.0 Å². The number of aliphatic carboxylic acids is 1. The smallest absolute Gasteiger partial charge is 0.328 e. The van der Waals surface area contributed by atoms with E-state index in [1.165, 1.54) is 23.1 Å². The molecule has 0 bridgehead atoms. The summed E-state index contributed by atoms with van der Waals surface area (Å²) in [5.74, 6) is -2.15. The van der Waals surface area contributed by atoms with Crippen LogP contribution < -0.4 is 0 Å². The van der Waals surface area contributed by atoms with Gasteiger partial charge in [-0.2, -0.15) is 0 Å². The number of carbonyl (C=O) groups excluding carboxylic acids is 1. The molecule has 0 fully saturated rings. The number of carboxylic acid groups (broad SMARTS) is 1. The fourth-order valence-electron chi connectivity index (χ4n) is 1.33. The second kappa shape index (κ2) is 5.95. The van der Waals surface area contributed by atoms with E-state index in [-0.39, 0.29) is 5.56 Å². The topological polar surface area (TPSA) is 57.6 Å². The molecule has 1 rings (SSSR count). The van der Waals surface area contributed by atoms with Crippen LogP contribution in [0.3, 0.4) is 0 Å². The molecule has 0 saturated carbocycles. The molecule has 5 heteroatoms. The fourth-order valence-corrected chi connectivity index (χ4v) is 1.33. The summed E-state index contributed by atoms with van der Waals surface area (Å²) in [4.78, 5) is 23.6. The maximum Gasteiger partial charge on any atom is 0.328 e. The highest BCUT2D eigenvalue weighted by atomic mass is 19.1. The molecular formula is C13H14FNO3. The van der Waals surface area contributed by atoms with Gasteiger partial charge >= 0.3 is 5.97 Å². The van der Waals surface area contributed by atoms with Crippen molar-refractivity contribution < 1.29 is 19.1 Å². The zero-order valence-electron chi connectivity index (χ0n) is 10.2. The van der Waals surface area contributed by atoms with E-state index in [1.54, 1.807) is 14.0 Å². The van der Waals surface area contributed by atoms with Gasteiger partial charge in [0.25, 0.3) is 5.91 Å². The standard InChI is InChI=1S/C13H14FNO3/c1-3-15(2)13(18)10-8-9(4-6-11(10)14)5-7-12(16)17/h4-8H,3H2,1-2H3,(H,16,17)/b7-5+. The summed E-state index contributed by atoms with van der Waals surface area (Å²) in [5, 5.41) is 8.50. The van der Waals surface area contributed by atoms with Crippen molar-refractivity contribution in [3.05, 3.63) is 41.2 Å². The molecule has 0 saturated heterocycles. The molecule has 96 valence electrons. The van der Waals surface area contributed by atoms with Crippen LogP contribution in [-0.2, 0) is 4.79 Å². The fraction of sp³-hybridized carbons (Fsp3) is 0.231. The van der Waals surface area contributed by atoms with Gasteiger partial charge in [0, 0.05) is 19.7 Å². The zero-order valence-corrected chi connectivity index (χ0v) is 10.2. The normalized spacial score (nSPS) is 10.6. The van der Waals surface area contributed by atoms with Gasteiger partial charge in [-0.25, -0.2) is 9.18 Å². The summed E-state index contributed by atoms with van der Waals surface area (Å²) < 4.78 is 13.5. The van der Waals surface area contributed by atoms with Crippen LogP contribution in [0.5, 0.6) is 0 Å². The summed E-state index contributed by atoms with van der Waals surface area (Å²) in [6.07, 6.45) is 2.25. The second-order valence-electron chi connectivity index (χ2n) is 3.73. The highest BCUT2D eigenvalue weighted by Crippen LogP contribution is 2.14. The molecule has 0 aromatic heterocycles. The van der Waals surface area contributed by atoms with Gasteiger partial charge in [-0.1, -0.05) is 6.07 Å². The molecule has 0 aliphatic heterocycles. The number of carbonyl (C=O) groups is 2. The number of carboxylic acids is 1. The Balaban J connectivity index is 3.09. The molecular weight excluding hydrogens is 237 g/mol. The number of amides is 1. The van der Waals surface area contributed by atoms with Crippen molar-refractivity contribution in [1.29, 1.82) is 0 Å². The number of halogens is 1. The van der Waals surface area contributed by atoms with Gasteiger partial charge in [-0.3, -0.25) is 4.79 Å². The Morgan fingerprint density at radius 2 is 2.11 bits per heavy atom. The van der Waals surface area contributed by atoms with Crippen molar-refractivity contribution in [2.45, 2.75) is 6.92 Å². The molecule has 0 heterocycles. The largest absolute Gasteiger partial charge is 0.478 e. The predicted octanol–water partition coefficient (Wildman–Crippen LogP) is 2.02. The lowest BCUT2D eigenvalue weighted by molar-refractivity contribution is -0.131. The lowest BCUT2D eigenvalue weighted by Crippen LogP contribution is -2.27. The zero-order chi connectivity index (χ0) is 13.7. The van der Waals surface area contributed by atoms with Gasteiger partial charge in [-0.15, -0.1) is 0 Å². The molecule has 0 spiro atoms. The van der Waals surface area contributed by atoms with Crippen molar-refractivity contribution in [2.24, 2.45) is 0 Å². The molecule has 0 unspecified atom stereocenters. The van der Waals surface area contributed by atoms with Crippen LogP contribution in [0.4, 0.5) is 4.39 Å². The second-order valence-corrected chi connectivity index (χ2v) is 3.73. The average Bonchev–Trinajstić information content (AvgIpc) is 2.35. The lowest BCUT2D eigenvalue weighted by Gasteiger charge is -2.15. The number of nitrogens with zero attached hydrogens (tertiary/aromatic N) is 1. The molecule has 0 atom stereocenters. The van der Waals surface area contributed by atoms with Crippen molar-refractivity contribution >= 4 is 18.0 Å². The van der Waals surface area contributed by atoms with Crippen LogP contribution in [0.2, 0.25) is 0 Å². The lowest BCUT2D eigenvalue weighted by atomic mass is 10.1. The Labute approximate surface area is 104 Å². The summed E-state index contributed by atoms with van der Waals surface area (Å²) in [7, 11) is 1.57. The minimum atomic E-state index is -1.10. The van der Waals surface area contributed by atoms with Gasteiger partial charge < -0.3 is 10.0 Å². The molecule has 1 amide bonds. The van der Waals surface area contributed by atoms with E-state index in [2.05, 4.69) is 0 Å². The van der Waals surface area contributed by atoms with Crippen molar-refractivity contribution in [3.8, 4) is 0 Å². The third-order valence-electron chi connectivity index (χ3n) is 2.46. The first-order chi connectivity index (χ1) is 8.45.